The van der Waals surface area contributed by atoms with Gasteiger partial charge in [0.25, 0.3) is 5.91 Å². The zero-order chi connectivity index (χ0) is 38.7. The lowest BCUT2D eigenvalue weighted by Crippen LogP contribution is -2.35. The highest BCUT2D eigenvalue weighted by atomic mass is 16.6. The lowest BCUT2D eigenvalue weighted by Gasteiger charge is -2.27. The van der Waals surface area contributed by atoms with Gasteiger partial charge >= 0.3 is 5.76 Å². The Labute approximate surface area is 321 Å². The van der Waals surface area contributed by atoms with Crippen molar-refractivity contribution in [2.75, 3.05) is 46.7 Å². The average Bonchev–Trinajstić information content (AvgIpc) is 3.48. The fourth-order valence-corrected chi connectivity index (χ4v) is 6.85. The summed E-state index contributed by atoms with van der Waals surface area (Å²) in [5.41, 5.74) is 7.49. The zero-order valence-electron chi connectivity index (χ0n) is 31.6. The molecule has 4 aromatic carbocycles. The third-order valence-electron chi connectivity index (χ3n) is 9.64. The molecule has 0 bridgehead atoms. The van der Waals surface area contributed by atoms with Crippen LogP contribution < -0.4 is 25.3 Å². The van der Waals surface area contributed by atoms with Crippen molar-refractivity contribution in [2.45, 2.75) is 58.1 Å². The number of hydrogen-bond acceptors (Lipinski definition) is 9. The molecule has 0 aliphatic heterocycles. The number of aromatic nitrogens is 1. The summed E-state index contributed by atoms with van der Waals surface area (Å²) >= 11 is 0. The van der Waals surface area contributed by atoms with Gasteiger partial charge in [0.05, 0.1) is 31.4 Å². The minimum atomic E-state index is -0.483. The molecule has 2 atom stereocenters. The van der Waals surface area contributed by atoms with Crippen molar-refractivity contribution in [3.63, 3.8) is 0 Å². The molecule has 1 aliphatic carbocycles. The highest BCUT2D eigenvalue weighted by molar-refractivity contribution is 5.77. The Morgan fingerprint density at radius 3 is 2.60 bits per heavy atom. The summed E-state index contributed by atoms with van der Waals surface area (Å²) in [4.78, 5) is 25.0. The number of phenolic OH excluding ortho intramolecular Hbond substituents is 1. The van der Waals surface area contributed by atoms with Crippen LogP contribution in [0.5, 0.6) is 23.0 Å². The summed E-state index contributed by atoms with van der Waals surface area (Å²) in [5.74, 6) is 3.60. The molecule has 1 amide bonds. The van der Waals surface area contributed by atoms with Gasteiger partial charge in [-0.2, -0.15) is 0 Å². The van der Waals surface area contributed by atoms with Crippen molar-refractivity contribution in [1.29, 1.82) is 0 Å². The number of methoxy groups -OCH3 is 1. The number of benzene rings is 4. The van der Waals surface area contributed by atoms with Gasteiger partial charge in [0, 0.05) is 19.2 Å². The predicted molar refractivity (Wildman–Crippen MR) is 209 cm³/mol. The molecule has 2 unspecified atom stereocenters. The maximum Gasteiger partial charge on any atom is 0.420 e. The number of ether oxygens (including phenoxy) is 5. The number of amides is 1. The number of carbonyl (C=O) groups is 1. The minimum Gasteiger partial charge on any atom is -0.504 e. The summed E-state index contributed by atoms with van der Waals surface area (Å²) in [5, 5.41) is 13.4. The standard InChI is InChI=1S/C44H48N2O9/c1-5-31-8-6-9-32(21-31)22-34-10-7-11-35-24-41(42(25-36(34)35)52-17-16-50-4)53-19-18-51-30(3)26-45-43(48)28-54-40-15-13-33(23-38(40)47)27-46-37-20-29(2)12-14-39(37)55-44(46)49/h1,6,8-9,12-15,20-21,23-25,30,34,47H,7,10-11,16-19,22,26-28H2,2-4H3,(H,45,48). The number of hydrogen-bond donors (Lipinski definition) is 2. The number of aryl methyl sites for hydroxylation is 2. The van der Waals surface area contributed by atoms with Gasteiger partial charge in [-0.1, -0.05) is 30.2 Å². The molecular weight excluding hydrogens is 700 g/mol. The molecule has 0 radical (unpaired) electrons. The first-order valence-corrected chi connectivity index (χ1v) is 18.6. The molecule has 1 heterocycles. The van der Waals surface area contributed by atoms with E-state index in [0.29, 0.717) is 60.5 Å². The van der Waals surface area contributed by atoms with E-state index in [1.54, 1.807) is 25.3 Å². The smallest absolute Gasteiger partial charge is 0.420 e. The average molecular weight is 749 g/mol. The number of terminal acetylenes is 1. The maximum absolute atomic E-state index is 12.6. The number of nitrogens with zero attached hydrogens (tertiary/aromatic N) is 1. The van der Waals surface area contributed by atoms with Crippen molar-refractivity contribution in [1.82, 2.24) is 9.88 Å². The first-order valence-electron chi connectivity index (χ1n) is 18.6. The fourth-order valence-electron chi connectivity index (χ4n) is 6.85. The monoisotopic (exact) mass is 748 g/mol. The van der Waals surface area contributed by atoms with Crippen LogP contribution in [-0.2, 0) is 33.7 Å². The van der Waals surface area contributed by atoms with Crippen molar-refractivity contribution in [3.05, 3.63) is 117 Å². The van der Waals surface area contributed by atoms with Crippen LogP contribution in [-0.4, -0.2) is 68.4 Å². The minimum absolute atomic E-state index is 0.142. The van der Waals surface area contributed by atoms with Crippen molar-refractivity contribution in [3.8, 4) is 35.3 Å². The highest BCUT2D eigenvalue weighted by Gasteiger charge is 2.24. The summed E-state index contributed by atoms with van der Waals surface area (Å²) < 4.78 is 35.9. The van der Waals surface area contributed by atoms with E-state index >= 15 is 0 Å². The van der Waals surface area contributed by atoms with Crippen molar-refractivity contribution in [2.24, 2.45) is 0 Å². The molecule has 2 N–H and O–H groups in total. The van der Waals surface area contributed by atoms with E-state index in [1.165, 1.54) is 27.3 Å². The van der Waals surface area contributed by atoms with Gasteiger partial charge in [0.1, 0.15) is 13.2 Å². The normalized spacial score (nSPS) is 14.2. The zero-order valence-corrected chi connectivity index (χ0v) is 31.6. The van der Waals surface area contributed by atoms with E-state index in [1.807, 2.05) is 38.1 Å². The second-order valence-corrected chi connectivity index (χ2v) is 13.8. The van der Waals surface area contributed by atoms with Crippen LogP contribution in [0.4, 0.5) is 0 Å². The van der Waals surface area contributed by atoms with E-state index in [-0.39, 0.29) is 43.2 Å². The van der Waals surface area contributed by atoms with Gasteiger partial charge in [0.15, 0.2) is 35.2 Å². The van der Waals surface area contributed by atoms with Crippen LogP contribution in [0.3, 0.4) is 0 Å². The van der Waals surface area contributed by atoms with E-state index in [0.717, 1.165) is 36.8 Å². The Morgan fingerprint density at radius 1 is 0.982 bits per heavy atom. The summed E-state index contributed by atoms with van der Waals surface area (Å²) in [7, 11) is 1.64. The molecular formula is C44H48N2O9. The Hall–Kier alpha value is -5.70. The molecule has 11 nitrogen and oxygen atoms in total. The van der Waals surface area contributed by atoms with Crippen LogP contribution >= 0.6 is 0 Å². The van der Waals surface area contributed by atoms with Crippen LogP contribution in [0.1, 0.15) is 59.1 Å². The number of fused-ring (bicyclic) bond motifs is 2. The van der Waals surface area contributed by atoms with E-state index < -0.39 is 5.76 Å². The largest absolute Gasteiger partial charge is 0.504 e. The van der Waals surface area contributed by atoms with Crippen molar-refractivity contribution >= 4 is 17.0 Å². The van der Waals surface area contributed by atoms with Gasteiger partial charge in [-0.3, -0.25) is 9.36 Å². The predicted octanol–water partition coefficient (Wildman–Crippen LogP) is 6.31. The number of carbonyl (C=O) groups excluding carboxylic acids is 1. The molecule has 6 rings (SSSR count). The lowest BCUT2D eigenvalue weighted by molar-refractivity contribution is -0.123. The van der Waals surface area contributed by atoms with Gasteiger partial charge in [-0.05, 0) is 122 Å². The molecule has 1 aliphatic rings. The number of aromatic hydroxyl groups is 1. The first-order chi connectivity index (χ1) is 26.7. The molecule has 5 aromatic rings. The maximum atomic E-state index is 12.6. The first kappa shape index (κ1) is 39.0. The Kier molecular flexibility index (Phi) is 13.2. The van der Waals surface area contributed by atoms with Crippen LogP contribution in [0.2, 0.25) is 0 Å². The topological polar surface area (TPSA) is 131 Å². The lowest BCUT2D eigenvalue weighted by atomic mass is 9.79. The second-order valence-electron chi connectivity index (χ2n) is 13.8. The third kappa shape index (κ3) is 10.3. The fraction of sp³-hybridized carbons (Fsp3) is 0.364. The number of phenols is 1. The van der Waals surface area contributed by atoms with Gasteiger partial charge in [-0.15, -0.1) is 6.42 Å². The molecule has 11 heteroatoms. The number of nitrogens with one attached hydrogen (secondary N) is 1. The summed E-state index contributed by atoms with van der Waals surface area (Å²) in [6.45, 7) is 5.41. The number of rotatable bonds is 18. The highest BCUT2D eigenvalue weighted by Crippen LogP contribution is 2.41. The Morgan fingerprint density at radius 2 is 1.80 bits per heavy atom. The SMILES string of the molecule is C#Cc1cccc(CC2CCCc3cc(OCCOC(C)CNC(=O)COc4ccc(Cn5c(=O)oc6ccc(C)cc65)cc4O)c(OCCOC)cc32)c1. The van der Waals surface area contributed by atoms with Crippen LogP contribution in [0, 0.1) is 19.3 Å². The molecule has 1 aromatic heterocycles. The van der Waals surface area contributed by atoms with Gasteiger partial charge in [0.2, 0.25) is 0 Å². The third-order valence-corrected chi connectivity index (χ3v) is 9.64. The summed E-state index contributed by atoms with van der Waals surface area (Å²) in [6.07, 6.45) is 9.41. The second kappa shape index (κ2) is 18.6. The Balaban J connectivity index is 0.958. The quantitative estimate of drug-likeness (QED) is 0.0783. The van der Waals surface area contributed by atoms with Crippen LogP contribution in [0.15, 0.2) is 82.0 Å². The molecule has 0 saturated heterocycles. The van der Waals surface area contributed by atoms with E-state index in [9.17, 15) is 14.7 Å². The molecule has 0 saturated carbocycles. The molecule has 55 heavy (non-hydrogen) atoms. The number of oxazole rings is 1. The van der Waals surface area contributed by atoms with Gasteiger partial charge in [-0.25, -0.2) is 4.79 Å². The van der Waals surface area contributed by atoms with E-state index in [2.05, 4.69) is 35.5 Å². The van der Waals surface area contributed by atoms with Crippen LogP contribution in [0.25, 0.3) is 11.1 Å². The van der Waals surface area contributed by atoms with Gasteiger partial charge < -0.3 is 38.5 Å². The Bertz CT molecular complexity index is 2200. The molecule has 0 spiro atoms. The van der Waals surface area contributed by atoms with Crippen molar-refractivity contribution < 1.29 is 38.0 Å². The molecule has 0 fully saturated rings. The molecule has 288 valence electrons. The van der Waals surface area contributed by atoms with E-state index in [4.69, 9.17) is 34.5 Å². The summed E-state index contributed by atoms with van der Waals surface area (Å²) in [6, 6.07) is 22.7.